The van der Waals surface area contributed by atoms with Gasteiger partial charge < -0.3 is 44.7 Å². The molecule has 8 rings (SSSR count). The first-order valence-corrected chi connectivity index (χ1v) is 31.1. The number of unbranched alkanes of at least 4 members (excludes halogenated alkanes) is 5. The zero-order valence-electron chi connectivity index (χ0n) is 46.3. The van der Waals surface area contributed by atoms with Gasteiger partial charge in [-0.3, -0.25) is 50.4 Å². The number of hydrogen-bond donors (Lipinski definition) is 18. The number of amides is 2. The van der Waals surface area contributed by atoms with E-state index in [4.69, 9.17) is 5.26 Å². The second kappa shape index (κ2) is 29.1. The quantitative estimate of drug-likeness (QED) is 0.00523. The maximum atomic E-state index is 12.8. The van der Waals surface area contributed by atoms with Crippen molar-refractivity contribution in [2.24, 2.45) is 20.5 Å². The summed E-state index contributed by atoms with van der Waals surface area (Å²) >= 11 is 0.298. The van der Waals surface area contributed by atoms with Crippen LogP contribution in [0.5, 0.6) is 11.5 Å². The fraction of sp³-hybridized carbons (Fsp3) is 0.160. The Labute approximate surface area is 520 Å². The molecule has 0 radical (unpaired) electrons. The second-order valence-corrected chi connectivity index (χ2v) is 24.0. The van der Waals surface area contributed by atoms with E-state index in [1.807, 2.05) is 0 Å². The van der Waals surface area contributed by atoms with Crippen LogP contribution in [-0.4, -0.2) is 119 Å². The number of benzene rings is 6. The normalized spacial score (nSPS) is 12.1. The standard InChI is InChI=1S/C50H48N16O22S4/c67-35(61-65-47-53-45(55-49(75)57-47)51-31-21-29(90(78,79)80)17-25-19-33(89-88-87-77)39(41(69)37(25)31)63-59-27-13-9-23(10-14-27)43(71)72)7-5-3-1-2-4-6-8-36(68)62-66-48-54-46(56-50(76)58-48)52-32-22-30(91(81,82)83)18-26-20-34(92(84,85)86)40(42(70)38(26)32)64-60-28-15-11-24(12-16-28)44(73)74/h9-22,69-70,77,81-83H,1-8H2,(H,61,67)(H,62,68)(H,71,72)(H,73,74)(H,78,79,80)(H,84,85,86)(H3,51,53,55,57,65,75)(H3,52,54,56,58,66,76). The van der Waals surface area contributed by atoms with Crippen LogP contribution in [0.3, 0.4) is 0 Å². The topological polar surface area (TPSA) is 596 Å². The van der Waals surface area contributed by atoms with Gasteiger partial charge in [0.05, 0.1) is 60.6 Å². The first kappa shape index (κ1) is 67.5. The van der Waals surface area contributed by atoms with E-state index >= 15 is 0 Å². The lowest BCUT2D eigenvalue weighted by molar-refractivity contribution is -0.432. The Morgan fingerprint density at radius 1 is 0.543 bits per heavy atom. The van der Waals surface area contributed by atoms with Crippen LogP contribution < -0.4 is 43.7 Å². The number of nitrogens with zero attached hydrogens (tertiary/aromatic N) is 8. The molecule has 0 aliphatic rings. The summed E-state index contributed by atoms with van der Waals surface area (Å²) in [6, 6.07) is 15.4. The zero-order valence-corrected chi connectivity index (χ0v) is 49.6. The molecule has 484 valence electrons. The number of aromatic amines is 2. The first-order valence-electron chi connectivity index (χ1n) is 25.9. The molecule has 0 spiro atoms. The minimum Gasteiger partial charge on any atom is -0.505 e. The summed E-state index contributed by atoms with van der Waals surface area (Å²) in [5, 5.41) is 73.8. The maximum Gasteiger partial charge on any atom is 0.351 e. The Bertz CT molecular complexity index is 4590. The summed E-state index contributed by atoms with van der Waals surface area (Å²) in [5.41, 5.74) is 5.51. The van der Waals surface area contributed by atoms with Crippen molar-refractivity contribution in [1.29, 1.82) is 0 Å². The zero-order chi connectivity index (χ0) is 66.7. The molecule has 0 aliphatic heterocycles. The summed E-state index contributed by atoms with van der Waals surface area (Å²) in [4.78, 5) is 90.9. The van der Waals surface area contributed by atoms with Gasteiger partial charge in [-0.25, -0.2) is 24.4 Å². The van der Waals surface area contributed by atoms with Crippen LogP contribution in [0.2, 0.25) is 0 Å². The third-order valence-electron chi connectivity index (χ3n) is 12.5. The summed E-state index contributed by atoms with van der Waals surface area (Å²) in [7, 11) is -14.8. The number of nitrogens with one attached hydrogen (secondary N) is 8. The van der Waals surface area contributed by atoms with E-state index in [1.165, 1.54) is 42.5 Å². The van der Waals surface area contributed by atoms with Gasteiger partial charge >= 0.3 is 23.3 Å². The molecule has 8 aromatic rings. The number of carbonyl (C=O) groups excluding carboxylic acids is 2. The van der Waals surface area contributed by atoms with Crippen molar-refractivity contribution in [3.63, 3.8) is 0 Å². The van der Waals surface area contributed by atoms with Crippen molar-refractivity contribution < 1.29 is 93.8 Å². The number of aromatic nitrogens is 6. The van der Waals surface area contributed by atoms with E-state index in [9.17, 15) is 88.8 Å². The number of phenolic OH excluding ortho intramolecular Hbond substituents is 2. The molecule has 6 aromatic carbocycles. The van der Waals surface area contributed by atoms with Crippen molar-refractivity contribution in [2.75, 3.05) is 21.5 Å². The van der Waals surface area contributed by atoms with Crippen LogP contribution in [0.4, 0.5) is 57.9 Å². The van der Waals surface area contributed by atoms with Gasteiger partial charge in [0.2, 0.25) is 35.6 Å². The minimum absolute atomic E-state index is 0.00292. The van der Waals surface area contributed by atoms with Crippen LogP contribution in [0, 0.1) is 0 Å². The highest BCUT2D eigenvalue weighted by molar-refractivity contribution is 8.19. The van der Waals surface area contributed by atoms with Gasteiger partial charge in [0.1, 0.15) is 27.1 Å². The molecule has 0 fully saturated rings. The number of hydrogen-bond acceptors (Lipinski definition) is 31. The number of carboxylic acids is 2. The summed E-state index contributed by atoms with van der Waals surface area (Å²) < 4.78 is 105. The Morgan fingerprint density at radius 3 is 1.42 bits per heavy atom. The van der Waals surface area contributed by atoms with Crippen LogP contribution in [0.15, 0.2) is 135 Å². The minimum atomic E-state index is -5.22. The lowest BCUT2D eigenvalue weighted by Gasteiger charge is -2.22. The molecular weight excluding hydrogens is 1300 g/mol. The highest BCUT2D eigenvalue weighted by Crippen LogP contribution is 2.51. The number of carboxylic acid groups (broad SMARTS) is 2. The predicted octanol–water partition coefficient (Wildman–Crippen LogP) is 8.29. The van der Waals surface area contributed by atoms with Crippen LogP contribution in [0.25, 0.3) is 21.5 Å². The average Bonchev–Trinajstić information content (AvgIpc) is 0.762. The SMILES string of the molecule is O=C(CCCCCCCCC(=O)NNc1nc(Nc2cc(S(O)(O)O)cc3cc(S(=O)(=O)O)c(N=Nc4ccc(C(=O)O)cc4)c(O)c23)nc(=O)[nH]1)NNc1nc(Nc2cc(S(=O)(=O)O)cc3cc(SOOO)c(N=Nc4ccc(C(=O)O)cc4)c(O)c23)nc(=O)[nH]1. The van der Waals surface area contributed by atoms with Crippen molar-refractivity contribution >= 4 is 146 Å². The molecular formula is C50H48N16O22S4. The van der Waals surface area contributed by atoms with E-state index < -0.39 is 116 Å². The van der Waals surface area contributed by atoms with Gasteiger partial charge in [0.15, 0.2) is 11.5 Å². The fourth-order valence-corrected chi connectivity index (χ4v) is 10.6. The number of fused-ring (bicyclic) bond motifs is 2. The number of aromatic carboxylic acids is 2. The molecule has 0 atom stereocenters. The first-order chi connectivity index (χ1) is 43.5. The number of carbonyl (C=O) groups is 4. The highest BCUT2D eigenvalue weighted by atomic mass is 32.3. The molecule has 2 amide bonds. The highest BCUT2D eigenvalue weighted by Gasteiger charge is 2.28. The lowest BCUT2D eigenvalue weighted by Crippen LogP contribution is -2.31. The van der Waals surface area contributed by atoms with Gasteiger partial charge in [-0.15, -0.1) is 14.6 Å². The van der Waals surface area contributed by atoms with Gasteiger partial charge in [0, 0.05) is 23.6 Å². The number of H-pyrrole nitrogens is 2. The van der Waals surface area contributed by atoms with E-state index in [-0.39, 0.29) is 85.1 Å². The third-order valence-corrected chi connectivity index (χ3v) is 15.7. The second-order valence-electron chi connectivity index (χ2n) is 19.0. The smallest absolute Gasteiger partial charge is 0.351 e. The molecule has 0 bridgehead atoms. The molecule has 42 heteroatoms. The largest absolute Gasteiger partial charge is 0.505 e. The van der Waals surface area contributed by atoms with Crippen molar-refractivity contribution in [3.8, 4) is 11.5 Å². The molecule has 2 aromatic heterocycles. The van der Waals surface area contributed by atoms with Crippen LogP contribution >= 0.6 is 22.9 Å². The molecule has 18 N–H and O–H groups in total. The molecule has 0 saturated carbocycles. The molecule has 92 heavy (non-hydrogen) atoms. The van der Waals surface area contributed by atoms with Crippen LogP contribution in [0.1, 0.15) is 72.1 Å². The molecule has 0 unspecified atom stereocenters. The molecule has 0 aliphatic carbocycles. The van der Waals surface area contributed by atoms with Crippen molar-refractivity contribution in [3.05, 3.63) is 117 Å². The van der Waals surface area contributed by atoms with Gasteiger partial charge in [-0.1, -0.05) is 30.7 Å². The number of anilines is 6. The summed E-state index contributed by atoms with van der Waals surface area (Å²) in [6.07, 6.45) is 3.26. The number of hydrazine groups is 2. The van der Waals surface area contributed by atoms with E-state index in [0.29, 0.717) is 50.6 Å². The number of rotatable bonds is 29. The Hall–Kier alpha value is -10.4. The lowest BCUT2D eigenvalue weighted by atomic mass is 10.1. The third kappa shape index (κ3) is 17.7. The monoisotopic (exact) mass is 1350 g/mol. The average molecular weight is 1350 g/mol. The van der Waals surface area contributed by atoms with E-state index in [2.05, 4.69) is 92.1 Å². The number of phenols is 2. The Kier molecular flexibility index (Phi) is 21.3. The van der Waals surface area contributed by atoms with Gasteiger partial charge in [-0.05, 0) is 109 Å². The molecule has 38 nitrogen and oxygen atoms in total. The Morgan fingerprint density at radius 2 is 0.978 bits per heavy atom. The number of azo groups is 2. The number of aromatic hydroxyl groups is 2. The summed E-state index contributed by atoms with van der Waals surface area (Å²) in [5.74, 6) is -7.07. The summed E-state index contributed by atoms with van der Waals surface area (Å²) in [6.45, 7) is 0. The Balaban J connectivity index is 0.829. The van der Waals surface area contributed by atoms with E-state index in [0.717, 1.165) is 42.5 Å². The van der Waals surface area contributed by atoms with Crippen molar-refractivity contribution in [2.45, 2.75) is 70.9 Å². The molecule has 2 heterocycles. The van der Waals surface area contributed by atoms with Gasteiger partial charge in [0.25, 0.3) is 20.2 Å². The van der Waals surface area contributed by atoms with Gasteiger partial charge in [-0.2, -0.15) is 47.0 Å². The van der Waals surface area contributed by atoms with E-state index in [1.54, 1.807) is 0 Å². The fourth-order valence-electron chi connectivity index (χ4n) is 8.39. The molecule has 0 saturated heterocycles. The van der Waals surface area contributed by atoms with Crippen molar-refractivity contribution in [1.82, 2.24) is 40.8 Å². The maximum absolute atomic E-state index is 12.8. The predicted molar refractivity (Wildman–Crippen MR) is 323 cm³/mol. The van der Waals surface area contributed by atoms with Crippen LogP contribution in [-0.2, 0) is 39.2 Å².